The summed E-state index contributed by atoms with van der Waals surface area (Å²) in [6.45, 7) is 2.96. The number of sulfonamides is 1. The van der Waals surface area contributed by atoms with E-state index in [1.54, 1.807) is 28.6 Å². The zero-order chi connectivity index (χ0) is 20.0. The van der Waals surface area contributed by atoms with Gasteiger partial charge in [-0.3, -0.25) is 4.79 Å². The Balaban J connectivity index is 1.69. The highest BCUT2D eigenvalue weighted by molar-refractivity contribution is 8.00. The zero-order valence-electron chi connectivity index (χ0n) is 16.0. The molecule has 0 bridgehead atoms. The van der Waals surface area contributed by atoms with Crippen molar-refractivity contribution in [3.63, 3.8) is 0 Å². The van der Waals surface area contributed by atoms with E-state index >= 15 is 0 Å². The number of amides is 1. The van der Waals surface area contributed by atoms with Gasteiger partial charge in [-0.15, -0.1) is 11.8 Å². The van der Waals surface area contributed by atoms with Crippen LogP contribution in [0.2, 0.25) is 0 Å². The molecule has 150 valence electrons. The fourth-order valence-electron chi connectivity index (χ4n) is 3.17. The van der Waals surface area contributed by atoms with Crippen LogP contribution in [0.3, 0.4) is 0 Å². The van der Waals surface area contributed by atoms with Crippen molar-refractivity contribution in [3.8, 4) is 0 Å². The second-order valence-electron chi connectivity index (χ2n) is 6.91. The Labute approximate surface area is 171 Å². The number of nitrogens with zero attached hydrogens (tertiary/aromatic N) is 1. The second-order valence-corrected chi connectivity index (χ2v) is 10.3. The lowest BCUT2D eigenvalue weighted by Gasteiger charge is -2.20. The van der Waals surface area contributed by atoms with Crippen molar-refractivity contribution in [2.75, 3.05) is 18.4 Å². The summed E-state index contributed by atoms with van der Waals surface area (Å²) in [5.41, 5.74) is 0.501. The van der Waals surface area contributed by atoms with Gasteiger partial charge in [-0.05, 0) is 50.1 Å². The Morgan fingerprint density at radius 3 is 2.36 bits per heavy atom. The number of hydrogen-bond acceptors (Lipinski definition) is 4. The molecule has 1 unspecified atom stereocenters. The highest BCUT2D eigenvalue weighted by Crippen LogP contribution is 2.25. The lowest BCUT2D eigenvalue weighted by molar-refractivity contribution is -0.115. The van der Waals surface area contributed by atoms with Crippen LogP contribution < -0.4 is 5.32 Å². The Morgan fingerprint density at radius 1 is 1.00 bits per heavy atom. The van der Waals surface area contributed by atoms with Crippen molar-refractivity contribution in [3.05, 3.63) is 54.6 Å². The quantitative estimate of drug-likeness (QED) is 0.708. The van der Waals surface area contributed by atoms with E-state index in [2.05, 4.69) is 5.32 Å². The first-order valence-electron chi connectivity index (χ1n) is 9.59. The van der Waals surface area contributed by atoms with Crippen molar-refractivity contribution in [2.24, 2.45) is 0 Å². The number of thioether (sulfide) groups is 1. The molecule has 1 atom stereocenters. The van der Waals surface area contributed by atoms with E-state index in [0.29, 0.717) is 18.8 Å². The van der Waals surface area contributed by atoms with Gasteiger partial charge in [0.25, 0.3) is 0 Å². The summed E-state index contributed by atoms with van der Waals surface area (Å²) in [5, 5.41) is 2.55. The van der Waals surface area contributed by atoms with Crippen LogP contribution in [-0.4, -0.2) is 37.0 Å². The Morgan fingerprint density at radius 2 is 1.68 bits per heavy atom. The van der Waals surface area contributed by atoms with E-state index in [1.807, 2.05) is 37.3 Å². The number of carbonyl (C=O) groups excluding carboxylic acids is 1. The summed E-state index contributed by atoms with van der Waals surface area (Å²) in [6, 6.07) is 16.3. The van der Waals surface area contributed by atoms with Crippen LogP contribution in [0.15, 0.2) is 64.4 Å². The maximum absolute atomic E-state index is 13.0. The standard InChI is InChI=1S/C21H26N2O3S2/c1-17(27-19-11-5-4-6-12-19)21(24)22-18-10-9-13-20(16-18)28(25,26)23-14-7-2-3-8-15-23/h4-6,9-13,16-17H,2-3,7-8,14-15H2,1H3,(H,22,24). The van der Waals surface area contributed by atoms with E-state index in [0.717, 1.165) is 30.6 Å². The van der Waals surface area contributed by atoms with Gasteiger partial charge in [0.2, 0.25) is 15.9 Å². The Hall–Kier alpha value is -1.83. The van der Waals surface area contributed by atoms with Crippen molar-refractivity contribution in [1.29, 1.82) is 0 Å². The van der Waals surface area contributed by atoms with Gasteiger partial charge in [-0.1, -0.05) is 37.1 Å². The van der Waals surface area contributed by atoms with Crippen molar-refractivity contribution < 1.29 is 13.2 Å². The normalized spacial score (nSPS) is 16.9. The molecule has 7 heteroatoms. The van der Waals surface area contributed by atoms with Gasteiger partial charge in [0, 0.05) is 23.7 Å². The molecule has 1 aliphatic heterocycles. The van der Waals surface area contributed by atoms with Crippen LogP contribution in [-0.2, 0) is 14.8 Å². The molecular weight excluding hydrogens is 392 g/mol. The summed E-state index contributed by atoms with van der Waals surface area (Å²) in [4.78, 5) is 13.8. The first-order chi connectivity index (χ1) is 13.5. The Kier molecular flexibility index (Phi) is 7.15. The first kappa shape index (κ1) is 20.9. The van der Waals surface area contributed by atoms with Crippen LogP contribution in [0.1, 0.15) is 32.6 Å². The number of hydrogen-bond donors (Lipinski definition) is 1. The van der Waals surface area contributed by atoms with E-state index < -0.39 is 10.0 Å². The summed E-state index contributed by atoms with van der Waals surface area (Å²) >= 11 is 1.47. The lowest BCUT2D eigenvalue weighted by Crippen LogP contribution is -2.32. The first-order valence-corrected chi connectivity index (χ1v) is 11.9. The minimum atomic E-state index is -3.54. The van der Waals surface area contributed by atoms with Crippen LogP contribution in [0.5, 0.6) is 0 Å². The lowest BCUT2D eigenvalue weighted by atomic mass is 10.2. The summed E-state index contributed by atoms with van der Waals surface area (Å²) in [5.74, 6) is -0.154. The molecule has 2 aromatic carbocycles. The Bertz CT molecular complexity index is 893. The number of nitrogens with one attached hydrogen (secondary N) is 1. The fourth-order valence-corrected chi connectivity index (χ4v) is 5.62. The molecule has 0 aromatic heterocycles. The molecular formula is C21H26N2O3S2. The molecule has 5 nitrogen and oxygen atoms in total. The maximum Gasteiger partial charge on any atom is 0.243 e. The SMILES string of the molecule is CC(Sc1ccccc1)C(=O)Nc1cccc(S(=O)(=O)N2CCCCCC2)c1. The minimum Gasteiger partial charge on any atom is -0.325 e. The maximum atomic E-state index is 13.0. The molecule has 1 N–H and O–H groups in total. The molecule has 1 aliphatic rings. The fraction of sp³-hybridized carbons (Fsp3) is 0.381. The third-order valence-electron chi connectivity index (χ3n) is 4.73. The van der Waals surface area contributed by atoms with Gasteiger partial charge < -0.3 is 5.32 Å². The molecule has 0 aliphatic carbocycles. The summed E-state index contributed by atoms with van der Waals surface area (Å²) < 4.78 is 27.5. The van der Waals surface area contributed by atoms with Gasteiger partial charge in [0.1, 0.15) is 0 Å². The average molecular weight is 419 g/mol. The van der Waals surface area contributed by atoms with E-state index in [9.17, 15) is 13.2 Å². The smallest absolute Gasteiger partial charge is 0.243 e. The number of rotatable bonds is 6. The molecule has 1 heterocycles. The molecule has 28 heavy (non-hydrogen) atoms. The molecule has 0 spiro atoms. The van der Waals surface area contributed by atoms with E-state index in [1.165, 1.54) is 11.8 Å². The zero-order valence-corrected chi connectivity index (χ0v) is 17.6. The topological polar surface area (TPSA) is 66.5 Å². The van der Waals surface area contributed by atoms with Gasteiger partial charge in [-0.25, -0.2) is 8.42 Å². The molecule has 0 saturated carbocycles. The van der Waals surface area contributed by atoms with Gasteiger partial charge >= 0.3 is 0 Å². The molecule has 1 fully saturated rings. The highest BCUT2D eigenvalue weighted by atomic mass is 32.2. The average Bonchev–Trinajstić information content (AvgIpc) is 2.99. The van der Waals surface area contributed by atoms with Crippen molar-refractivity contribution >= 4 is 33.4 Å². The molecule has 1 saturated heterocycles. The molecule has 3 rings (SSSR count). The largest absolute Gasteiger partial charge is 0.325 e. The van der Waals surface area contributed by atoms with Gasteiger partial charge in [0.05, 0.1) is 10.1 Å². The van der Waals surface area contributed by atoms with Crippen LogP contribution in [0, 0.1) is 0 Å². The predicted molar refractivity (Wildman–Crippen MR) is 114 cm³/mol. The third kappa shape index (κ3) is 5.37. The van der Waals surface area contributed by atoms with Gasteiger partial charge in [-0.2, -0.15) is 4.31 Å². The molecule has 2 aromatic rings. The third-order valence-corrected chi connectivity index (χ3v) is 7.74. The second kappa shape index (κ2) is 9.58. The molecule has 1 amide bonds. The van der Waals surface area contributed by atoms with E-state index in [4.69, 9.17) is 0 Å². The number of carbonyl (C=O) groups is 1. The highest BCUT2D eigenvalue weighted by Gasteiger charge is 2.25. The van der Waals surface area contributed by atoms with Crippen LogP contribution in [0.4, 0.5) is 5.69 Å². The van der Waals surface area contributed by atoms with Crippen molar-refractivity contribution in [1.82, 2.24) is 4.31 Å². The van der Waals surface area contributed by atoms with Crippen LogP contribution in [0.25, 0.3) is 0 Å². The number of benzene rings is 2. The predicted octanol–water partition coefficient (Wildman–Crippen LogP) is 4.37. The van der Waals surface area contributed by atoms with Crippen molar-refractivity contribution in [2.45, 2.75) is 47.6 Å². The monoisotopic (exact) mass is 418 g/mol. The number of anilines is 1. The minimum absolute atomic E-state index is 0.154. The molecule has 0 radical (unpaired) electrons. The van der Waals surface area contributed by atoms with Crippen LogP contribution >= 0.6 is 11.8 Å². The van der Waals surface area contributed by atoms with Gasteiger partial charge in [0.15, 0.2) is 0 Å². The summed E-state index contributed by atoms with van der Waals surface area (Å²) in [7, 11) is -3.54. The summed E-state index contributed by atoms with van der Waals surface area (Å²) in [6.07, 6.45) is 3.92. The van der Waals surface area contributed by atoms with E-state index in [-0.39, 0.29) is 16.1 Å².